The summed E-state index contributed by atoms with van der Waals surface area (Å²) in [6.45, 7) is 6.86. The first-order chi connectivity index (χ1) is 17.3. The van der Waals surface area contributed by atoms with Gasteiger partial charge in [-0.3, -0.25) is 0 Å². The molecule has 8 heteroatoms. The number of ether oxygens (including phenoxy) is 2. The summed E-state index contributed by atoms with van der Waals surface area (Å²) in [5, 5.41) is 0. The second-order valence-corrected chi connectivity index (χ2v) is 18.7. The molecular formula is C28H39I3N2O3-2. The molecule has 1 atom stereocenters. The van der Waals surface area contributed by atoms with E-state index in [9.17, 15) is 3.07 Å². The Morgan fingerprint density at radius 2 is 1.58 bits per heavy atom. The number of benzene rings is 3. The number of nitrogens with one attached hydrogen (secondary N) is 1. The number of anilines is 1. The van der Waals surface area contributed by atoms with Gasteiger partial charge in [-0.2, -0.15) is 0 Å². The number of para-hydroxylation sites is 1. The molecule has 0 radical (unpaired) electrons. The van der Waals surface area contributed by atoms with E-state index >= 15 is 0 Å². The summed E-state index contributed by atoms with van der Waals surface area (Å²) in [6.07, 6.45) is 0. The fourth-order valence-electron chi connectivity index (χ4n) is 3.20. The minimum atomic E-state index is -3.65. The quantitative estimate of drug-likeness (QED) is 0.126. The van der Waals surface area contributed by atoms with Crippen molar-refractivity contribution in [3.63, 3.8) is 0 Å². The molecule has 0 heterocycles. The number of nitrogens with zero attached hydrogens (tertiary/aromatic N) is 1. The average Bonchev–Trinajstić information content (AvgIpc) is 2.86. The number of hydrogen-bond donors (Lipinski definition) is 1. The van der Waals surface area contributed by atoms with E-state index in [1.165, 1.54) is 4.55 Å². The molecule has 0 amide bonds. The van der Waals surface area contributed by atoms with Crippen molar-refractivity contribution in [2.24, 2.45) is 0 Å². The van der Waals surface area contributed by atoms with Crippen molar-refractivity contribution in [3.8, 4) is 17.2 Å². The van der Waals surface area contributed by atoms with Crippen molar-refractivity contribution >= 4 is 24.4 Å². The number of halogens is 3. The predicted octanol–water partition coefficient (Wildman–Crippen LogP) is 0.713. The zero-order valence-electron chi connectivity index (χ0n) is 22.1. The van der Waals surface area contributed by atoms with Gasteiger partial charge in [-0.25, -0.2) is 0 Å². The number of likely N-dealkylation sites (N-methyl/N-ethyl adjacent to an activating group) is 1. The first-order valence-corrected chi connectivity index (χ1v) is 24.8. The van der Waals surface area contributed by atoms with Gasteiger partial charge in [0, 0.05) is 0 Å². The number of rotatable bonds is 12. The molecule has 0 aliphatic carbocycles. The van der Waals surface area contributed by atoms with E-state index in [2.05, 4.69) is 30.1 Å². The van der Waals surface area contributed by atoms with Gasteiger partial charge in [-0.05, 0) is 0 Å². The summed E-state index contributed by atoms with van der Waals surface area (Å²) in [7, 11) is 0. The van der Waals surface area contributed by atoms with Crippen LogP contribution in [0.2, 0.25) is 0 Å². The topological polar surface area (TPSA) is 50.8 Å². The van der Waals surface area contributed by atoms with Gasteiger partial charge in [-0.15, -0.1) is 0 Å². The van der Waals surface area contributed by atoms with E-state index in [1.807, 2.05) is 84.7 Å². The summed E-state index contributed by atoms with van der Waals surface area (Å²) >= 11 is -2.81. The molecule has 3 aromatic rings. The summed E-state index contributed by atoms with van der Waals surface area (Å²) < 4.78 is 30.8. The number of hydrogen-bond acceptors (Lipinski definition) is 4. The fourth-order valence-corrected chi connectivity index (χ4v) is 8.56. The molecule has 0 saturated heterocycles. The van der Waals surface area contributed by atoms with Crippen LogP contribution in [0.1, 0.15) is 12.5 Å². The molecule has 0 spiro atoms. The van der Waals surface area contributed by atoms with Gasteiger partial charge in [0.15, 0.2) is 0 Å². The van der Waals surface area contributed by atoms with Crippen molar-refractivity contribution in [1.29, 1.82) is 0 Å². The van der Waals surface area contributed by atoms with Crippen LogP contribution in [-0.4, -0.2) is 48.9 Å². The SMILES string of the molecule is CCN(CCOc1cc(NI(C)(=O)c2ccc(Oc3ccccc3)cc2)ccc1C)C[I-]C.C[I-]C. The van der Waals surface area contributed by atoms with Crippen LogP contribution in [0, 0.1) is 10.5 Å². The Kier molecular flexibility index (Phi) is 14.5. The molecular weight excluding hydrogens is 793 g/mol. The fraction of sp³-hybridized carbons (Fsp3) is 0.357. The first kappa shape index (κ1) is 31.2. The summed E-state index contributed by atoms with van der Waals surface area (Å²) in [4.78, 5) is 11.0. The molecule has 0 aromatic heterocycles. The van der Waals surface area contributed by atoms with Crippen molar-refractivity contribution in [2.75, 3.05) is 47.5 Å². The van der Waals surface area contributed by atoms with Crippen LogP contribution >= 0.6 is 18.7 Å². The standard InChI is InChI=1S/C26H33I2N2O3.C2H6I/c1-5-30(20-27-3)17-18-32-26-19-23(14-11-21(26)2)29-28(4,31)22-12-15-25(16-13-22)33-24-9-7-6-8-10-24;1-3-2/h6-16,19H,5,17-18,20H2,1-4H3,(H,29,31);1-2H3/q2*-1. The van der Waals surface area contributed by atoms with Crippen LogP contribution in [0.4, 0.5) is 5.69 Å². The van der Waals surface area contributed by atoms with Gasteiger partial charge in [0.25, 0.3) is 0 Å². The average molecular weight is 832 g/mol. The van der Waals surface area contributed by atoms with E-state index in [1.54, 1.807) is 0 Å². The maximum atomic E-state index is 13.5. The predicted molar refractivity (Wildman–Crippen MR) is 152 cm³/mol. The molecule has 202 valence electrons. The molecule has 1 unspecified atom stereocenters. The normalized spacial score (nSPS) is 13.4. The van der Waals surface area contributed by atoms with Gasteiger partial charge in [-0.1, -0.05) is 0 Å². The molecule has 5 nitrogen and oxygen atoms in total. The van der Waals surface area contributed by atoms with E-state index in [0.29, 0.717) is 27.8 Å². The van der Waals surface area contributed by atoms with Crippen LogP contribution in [0.3, 0.4) is 0 Å². The molecule has 3 aromatic carbocycles. The van der Waals surface area contributed by atoms with Gasteiger partial charge < -0.3 is 0 Å². The zero-order chi connectivity index (χ0) is 26.4. The molecule has 0 bridgehead atoms. The van der Waals surface area contributed by atoms with Crippen molar-refractivity contribution in [2.45, 2.75) is 13.8 Å². The van der Waals surface area contributed by atoms with Gasteiger partial charge in [0.1, 0.15) is 0 Å². The van der Waals surface area contributed by atoms with Crippen LogP contribution < -0.4 is 55.4 Å². The Labute approximate surface area is 242 Å². The Bertz CT molecular complexity index is 1080. The van der Waals surface area contributed by atoms with Crippen molar-refractivity contribution in [1.82, 2.24) is 4.90 Å². The Hall–Kier alpha value is -0.990. The van der Waals surface area contributed by atoms with Crippen molar-refractivity contribution < 1.29 is 55.0 Å². The molecule has 0 aliphatic rings. The van der Waals surface area contributed by atoms with Gasteiger partial charge in [0.2, 0.25) is 0 Å². The van der Waals surface area contributed by atoms with E-state index in [4.69, 9.17) is 9.47 Å². The Morgan fingerprint density at radius 1 is 0.944 bits per heavy atom. The van der Waals surface area contributed by atoms with Crippen LogP contribution in [-0.2, 0) is 3.07 Å². The van der Waals surface area contributed by atoms with E-state index < -0.39 is 18.7 Å². The molecule has 0 saturated carbocycles. The van der Waals surface area contributed by atoms with Gasteiger partial charge in [0.05, 0.1) is 0 Å². The molecule has 0 aliphatic heterocycles. The third kappa shape index (κ3) is 10.8. The Morgan fingerprint density at radius 3 is 2.19 bits per heavy atom. The molecule has 1 N–H and O–H groups in total. The zero-order valence-corrected chi connectivity index (χ0v) is 28.5. The van der Waals surface area contributed by atoms with Crippen LogP contribution in [0.5, 0.6) is 17.2 Å². The number of alkyl halides is 5. The van der Waals surface area contributed by atoms with Crippen LogP contribution in [0.15, 0.2) is 72.8 Å². The van der Waals surface area contributed by atoms with E-state index in [-0.39, 0.29) is 21.2 Å². The second kappa shape index (κ2) is 16.8. The third-order valence-electron chi connectivity index (χ3n) is 5.09. The van der Waals surface area contributed by atoms with Crippen molar-refractivity contribution in [3.05, 3.63) is 81.9 Å². The summed E-state index contributed by atoms with van der Waals surface area (Å²) in [5.41, 5.74) is 1.90. The number of aryl methyl sites for hydroxylation is 1. The Balaban J connectivity index is 0.00000145. The van der Waals surface area contributed by atoms with Crippen LogP contribution in [0.25, 0.3) is 0 Å². The monoisotopic (exact) mass is 832 g/mol. The molecule has 36 heavy (non-hydrogen) atoms. The summed E-state index contributed by atoms with van der Waals surface area (Å²) in [5.74, 6) is 2.34. The van der Waals surface area contributed by atoms with E-state index in [0.717, 1.165) is 45.2 Å². The van der Waals surface area contributed by atoms with Gasteiger partial charge >= 0.3 is 245 Å². The minimum absolute atomic E-state index is 0.246. The molecule has 0 fully saturated rings. The first-order valence-electron chi connectivity index (χ1n) is 11.6. The molecule has 3 rings (SSSR count). The maximum absolute atomic E-state index is 13.5. The third-order valence-corrected chi connectivity index (χ3v) is 11.5. The summed E-state index contributed by atoms with van der Waals surface area (Å²) in [6, 6.07) is 23.1. The second-order valence-electron chi connectivity index (χ2n) is 8.05.